The lowest BCUT2D eigenvalue weighted by atomic mass is 9.97. The van der Waals surface area contributed by atoms with Gasteiger partial charge in [-0.25, -0.2) is 0 Å². The number of nitrogens with zero attached hydrogens (tertiary/aromatic N) is 5. The summed E-state index contributed by atoms with van der Waals surface area (Å²) < 4.78 is 0. The molecule has 0 bridgehead atoms. The van der Waals surface area contributed by atoms with Crippen LogP contribution in [0.4, 0.5) is 0 Å². The highest BCUT2D eigenvalue weighted by Crippen LogP contribution is 2.25. The molecule has 102 valence electrons. The molecule has 0 saturated carbocycles. The third kappa shape index (κ3) is 2.65. The van der Waals surface area contributed by atoms with Crippen LogP contribution >= 0.6 is 0 Å². The highest BCUT2D eigenvalue weighted by molar-refractivity contribution is 5.38. The Labute approximate surface area is 122 Å². The maximum Gasteiger partial charge on any atom is 0.162 e. The Bertz CT molecular complexity index is 752. The van der Waals surface area contributed by atoms with Gasteiger partial charge in [-0.3, -0.25) is 0 Å². The summed E-state index contributed by atoms with van der Waals surface area (Å²) in [6.45, 7) is 2.05. The number of aryl methyl sites for hydroxylation is 1. The van der Waals surface area contributed by atoms with Crippen molar-refractivity contribution in [2.24, 2.45) is 0 Å². The van der Waals surface area contributed by atoms with E-state index in [0.717, 1.165) is 11.1 Å². The molecule has 0 aliphatic carbocycles. The Morgan fingerprint density at radius 3 is 2.14 bits per heavy atom. The molecule has 1 heterocycles. The van der Waals surface area contributed by atoms with Crippen molar-refractivity contribution in [2.75, 3.05) is 0 Å². The van der Waals surface area contributed by atoms with Gasteiger partial charge in [-0.1, -0.05) is 42.0 Å². The predicted octanol–water partition coefficient (Wildman–Crippen LogP) is 2.49. The maximum absolute atomic E-state index is 8.91. The van der Waals surface area contributed by atoms with E-state index in [9.17, 15) is 0 Å². The molecule has 0 saturated heterocycles. The summed E-state index contributed by atoms with van der Waals surface area (Å²) in [5.41, 5.74) is 3.91. The van der Waals surface area contributed by atoms with Gasteiger partial charge in [0.1, 0.15) is 6.04 Å². The zero-order valence-electron chi connectivity index (χ0n) is 11.5. The largest absolute Gasteiger partial charge is 0.192 e. The van der Waals surface area contributed by atoms with E-state index in [1.54, 1.807) is 16.9 Å². The fraction of sp³-hybridized carbons (Fsp3) is 0.125. The van der Waals surface area contributed by atoms with E-state index in [-0.39, 0.29) is 6.04 Å². The van der Waals surface area contributed by atoms with Crippen LogP contribution < -0.4 is 0 Å². The standard InChI is InChI=1S/C16H13N5/c1-12-2-6-14(7-3-12)16(21-19-11-18-20-21)15-8-4-13(10-17)5-9-15/h2-9,11,16H,1H3. The second-order valence-corrected chi connectivity index (χ2v) is 4.80. The molecule has 0 aliphatic rings. The lowest BCUT2D eigenvalue weighted by Crippen LogP contribution is -2.15. The van der Waals surface area contributed by atoms with Crippen molar-refractivity contribution in [3.63, 3.8) is 0 Å². The van der Waals surface area contributed by atoms with Crippen molar-refractivity contribution >= 4 is 0 Å². The second-order valence-electron chi connectivity index (χ2n) is 4.80. The van der Waals surface area contributed by atoms with Gasteiger partial charge in [-0.05, 0) is 35.4 Å². The first-order chi connectivity index (χ1) is 10.3. The van der Waals surface area contributed by atoms with Crippen molar-refractivity contribution in [1.29, 1.82) is 5.26 Å². The zero-order chi connectivity index (χ0) is 14.7. The zero-order valence-corrected chi connectivity index (χ0v) is 11.5. The van der Waals surface area contributed by atoms with Crippen molar-refractivity contribution in [3.05, 3.63) is 77.1 Å². The highest BCUT2D eigenvalue weighted by Gasteiger charge is 2.18. The van der Waals surface area contributed by atoms with Gasteiger partial charge in [0.05, 0.1) is 11.6 Å². The Morgan fingerprint density at radius 2 is 1.62 bits per heavy atom. The van der Waals surface area contributed by atoms with Crippen LogP contribution in [0.25, 0.3) is 0 Å². The predicted molar refractivity (Wildman–Crippen MR) is 77.4 cm³/mol. The molecular weight excluding hydrogens is 262 g/mol. The lowest BCUT2D eigenvalue weighted by molar-refractivity contribution is 0.504. The summed E-state index contributed by atoms with van der Waals surface area (Å²) in [6, 6.07) is 17.6. The molecule has 1 aromatic heterocycles. The van der Waals surface area contributed by atoms with Crippen LogP contribution in [0.1, 0.15) is 28.3 Å². The molecule has 1 unspecified atom stereocenters. The highest BCUT2D eigenvalue weighted by atomic mass is 15.6. The second kappa shape index (κ2) is 5.55. The molecule has 0 spiro atoms. The van der Waals surface area contributed by atoms with Gasteiger partial charge in [-0.15, -0.1) is 10.2 Å². The fourth-order valence-electron chi connectivity index (χ4n) is 2.24. The molecule has 5 heteroatoms. The third-order valence-corrected chi connectivity index (χ3v) is 3.34. The SMILES string of the molecule is Cc1ccc(C(c2ccc(C#N)cc2)n2ncnn2)cc1. The van der Waals surface area contributed by atoms with E-state index >= 15 is 0 Å². The van der Waals surface area contributed by atoms with E-state index in [1.807, 2.05) is 19.1 Å². The summed E-state index contributed by atoms with van der Waals surface area (Å²) in [4.78, 5) is 1.58. The third-order valence-electron chi connectivity index (χ3n) is 3.34. The van der Waals surface area contributed by atoms with E-state index in [1.165, 1.54) is 11.9 Å². The van der Waals surface area contributed by atoms with E-state index in [2.05, 4.69) is 45.7 Å². The molecule has 3 rings (SSSR count). The topological polar surface area (TPSA) is 67.4 Å². The number of tetrazole rings is 1. The summed E-state index contributed by atoms with van der Waals surface area (Å²) in [5.74, 6) is 0. The van der Waals surface area contributed by atoms with Gasteiger partial charge >= 0.3 is 0 Å². The quantitative estimate of drug-likeness (QED) is 0.736. The minimum atomic E-state index is -0.152. The van der Waals surface area contributed by atoms with Gasteiger partial charge in [0, 0.05) is 0 Å². The Kier molecular flexibility index (Phi) is 3.44. The number of hydrogen-bond donors (Lipinski definition) is 0. The molecule has 1 atom stereocenters. The van der Waals surface area contributed by atoms with E-state index in [4.69, 9.17) is 5.26 Å². The van der Waals surface area contributed by atoms with Crippen LogP contribution in [0.3, 0.4) is 0 Å². The molecule has 0 N–H and O–H groups in total. The lowest BCUT2D eigenvalue weighted by Gasteiger charge is -2.16. The first-order valence-electron chi connectivity index (χ1n) is 6.57. The van der Waals surface area contributed by atoms with Crippen LogP contribution in [-0.4, -0.2) is 20.2 Å². The van der Waals surface area contributed by atoms with Gasteiger partial charge in [0.15, 0.2) is 6.33 Å². The van der Waals surface area contributed by atoms with E-state index in [0.29, 0.717) is 5.56 Å². The monoisotopic (exact) mass is 275 g/mol. The summed E-state index contributed by atoms with van der Waals surface area (Å²) in [7, 11) is 0. The first-order valence-corrected chi connectivity index (χ1v) is 6.57. The van der Waals surface area contributed by atoms with Crippen LogP contribution in [0, 0.1) is 18.3 Å². The van der Waals surface area contributed by atoms with Crippen LogP contribution in [0.15, 0.2) is 54.9 Å². The van der Waals surface area contributed by atoms with Crippen molar-refractivity contribution in [3.8, 4) is 6.07 Å². The molecule has 0 amide bonds. The maximum atomic E-state index is 8.91. The number of nitriles is 1. The molecule has 5 nitrogen and oxygen atoms in total. The van der Waals surface area contributed by atoms with Crippen LogP contribution in [-0.2, 0) is 0 Å². The molecule has 2 aromatic carbocycles. The number of aromatic nitrogens is 4. The summed E-state index contributed by atoms with van der Waals surface area (Å²) >= 11 is 0. The fourth-order valence-corrected chi connectivity index (χ4v) is 2.24. The molecule has 0 aliphatic heterocycles. The van der Waals surface area contributed by atoms with Crippen LogP contribution in [0.2, 0.25) is 0 Å². The number of hydrogen-bond acceptors (Lipinski definition) is 4. The van der Waals surface area contributed by atoms with Gasteiger partial charge in [-0.2, -0.15) is 10.1 Å². The Balaban J connectivity index is 2.08. The Hall–Kier alpha value is -3.00. The minimum Gasteiger partial charge on any atom is -0.192 e. The summed E-state index contributed by atoms with van der Waals surface area (Å²) in [6.07, 6.45) is 1.42. The average Bonchev–Trinajstić information content (AvgIpc) is 3.04. The van der Waals surface area contributed by atoms with Crippen molar-refractivity contribution in [1.82, 2.24) is 20.2 Å². The molecule has 3 aromatic rings. The molecular formula is C16H13N5. The smallest absolute Gasteiger partial charge is 0.162 e. The molecule has 21 heavy (non-hydrogen) atoms. The van der Waals surface area contributed by atoms with Crippen molar-refractivity contribution in [2.45, 2.75) is 13.0 Å². The number of rotatable bonds is 3. The average molecular weight is 275 g/mol. The summed E-state index contributed by atoms with van der Waals surface area (Å²) in [5, 5.41) is 20.9. The van der Waals surface area contributed by atoms with Gasteiger partial charge in [0.2, 0.25) is 0 Å². The molecule has 0 radical (unpaired) electrons. The van der Waals surface area contributed by atoms with Gasteiger partial charge < -0.3 is 0 Å². The van der Waals surface area contributed by atoms with E-state index < -0.39 is 0 Å². The van der Waals surface area contributed by atoms with Gasteiger partial charge in [0.25, 0.3) is 0 Å². The first kappa shape index (κ1) is 13.0. The Morgan fingerprint density at radius 1 is 1.00 bits per heavy atom. The normalized spacial score (nSPS) is 11.8. The molecule has 0 fully saturated rings. The van der Waals surface area contributed by atoms with Crippen LogP contribution in [0.5, 0.6) is 0 Å². The van der Waals surface area contributed by atoms with Crippen molar-refractivity contribution < 1.29 is 0 Å². The number of benzene rings is 2. The minimum absolute atomic E-state index is 0.152.